The number of likely N-dealkylation sites (tertiary alicyclic amines) is 1. The summed E-state index contributed by atoms with van der Waals surface area (Å²) in [6.07, 6.45) is 5.33. The molecule has 4 atom stereocenters. The highest BCUT2D eigenvalue weighted by Gasteiger charge is 2.59. The number of carbonyl (C=O) groups is 3. The number of morpholine rings is 1. The lowest BCUT2D eigenvalue weighted by Gasteiger charge is -2.27. The highest BCUT2D eigenvalue weighted by Crippen LogP contribution is 2.52. The molecule has 2 saturated heterocycles. The van der Waals surface area contributed by atoms with Gasteiger partial charge in [-0.05, 0) is 18.3 Å². The Morgan fingerprint density at radius 1 is 1.09 bits per heavy atom. The first kappa shape index (κ1) is 13.9. The van der Waals surface area contributed by atoms with Gasteiger partial charge in [-0.3, -0.25) is 19.3 Å². The number of allylic oxidation sites excluding steroid dienone is 2. The number of amides is 3. The maximum atomic E-state index is 12.5. The highest BCUT2D eigenvalue weighted by molar-refractivity contribution is 6.06. The zero-order valence-electron chi connectivity index (χ0n) is 12.4. The molecule has 0 aromatic heterocycles. The normalized spacial score (nSPS) is 36.4. The monoisotopic (exact) mass is 304 g/mol. The minimum absolute atomic E-state index is 0.00190. The molecule has 4 rings (SSSR count). The van der Waals surface area contributed by atoms with Crippen LogP contribution in [0, 0.1) is 23.7 Å². The van der Waals surface area contributed by atoms with Crippen molar-refractivity contribution in [3.05, 3.63) is 12.2 Å². The van der Waals surface area contributed by atoms with Gasteiger partial charge in [-0.2, -0.15) is 0 Å². The summed E-state index contributed by atoms with van der Waals surface area (Å²) in [5.41, 5.74) is 0. The molecule has 6 nitrogen and oxygen atoms in total. The maximum absolute atomic E-state index is 12.5. The zero-order chi connectivity index (χ0) is 15.3. The third-order valence-corrected chi connectivity index (χ3v) is 5.47. The standard InChI is InChI=1S/C16H20N2O4/c19-12(17-5-7-22-8-6-17)3-4-18-15(20)13-10-1-2-11(9-10)14(13)16(18)21/h1-2,10-11,13-14H,3-9H2/t10-,11-,13-,14-/m0/s1. The Morgan fingerprint density at radius 2 is 1.68 bits per heavy atom. The summed E-state index contributed by atoms with van der Waals surface area (Å²) in [4.78, 5) is 40.3. The molecule has 0 N–H and O–H groups in total. The van der Waals surface area contributed by atoms with Crippen LogP contribution in [0.1, 0.15) is 12.8 Å². The summed E-state index contributed by atoms with van der Waals surface area (Å²) in [6.45, 7) is 2.54. The molecule has 0 aromatic rings. The number of imide groups is 1. The smallest absolute Gasteiger partial charge is 0.233 e. The van der Waals surface area contributed by atoms with Crippen LogP contribution in [0.3, 0.4) is 0 Å². The minimum atomic E-state index is -0.166. The molecule has 118 valence electrons. The van der Waals surface area contributed by atoms with E-state index in [-0.39, 0.29) is 54.4 Å². The van der Waals surface area contributed by atoms with Crippen LogP contribution in [0.5, 0.6) is 0 Å². The molecule has 3 fully saturated rings. The molecule has 0 spiro atoms. The molecule has 2 aliphatic carbocycles. The number of fused-ring (bicyclic) bond motifs is 5. The Bertz CT molecular complexity index is 522. The maximum Gasteiger partial charge on any atom is 0.233 e. The lowest BCUT2D eigenvalue weighted by Crippen LogP contribution is -2.43. The van der Waals surface area contributed by atoms with Crippen molar-refractivity contribution in [2.24, 2.45) is 23.7 Å². The van der Waals surface area contributed by atoms with Gasteiger partial charge in [-0.25, -0.2) is 0 Å². The van der Waals surface area contributed by atoms with Crippen LogP contribution in [0.2, 0.25) is 0 Å². The lowest BCUT2D eigenvalue weighted by atomic mass is 9.85. The molecule has 22 heavy (non-hydrogen) atoms. The Balaban J connectivity index is 1.39. The zero-order valence-corrected chi connectivity index (χ0v) is 12.4. The van der Waals surface area contributed by atoms with Crippen molar-refractivity contribution >= 4 is 17.7 Å². The SMILES string of the molecule is O=C(CCN1C(=O)[C@@H]2[C@@H](C1=O)[C@H]1C=C[C@H]2C1)N1CCOCC1. The summed E-state index contributed by atoms with van der Waals surface area (Å²) in [5.74, 6) is -0.00919. The van der Waals surface area contributed by atoms with Gasteiger partial charge in [0.1, 0.15) is 0 Å². The lowest BCUT2D eigenvalue weighted by molar-refractivity contribution is -0.142. The molecular formula is C16H20N2O4. The van der Waals surface area contributed by atoms with E-state index in [9.17, 15) is 14.4 Å². The number of carbonyl (C=O) groups excluding carboxylic acids is 3. The first-order chi connectivity index (χ1) is 10.7. The number of ether oxygens (including phenoxy) is 1. The molecule has 4 aliphatic rings. The minimum Gasteiger partial charge on any atom is -0.378 e. The number of hydrogen-bond donors (Lipinski definition) is 0. The topological polar surface area (TPSA) is 66.9 Å². The van der Waals surface area contributed by atoms with Crippen LogP contribution < -0.4 is 0 Å². The van der Waals surface area contributed by atoms with E-state index in [1.54, 1.807) is 4.90 Å². The van der Waals surface area contributed by atoms with Gasteiger partial charge >= 0.3 is 0 Å². The number of rotatable bonds is 3. The second-order valence-electron chi connectivity index (χ2n) is 6.57. The van der Waals surface area contributed by atoms with Gasteiger partial charge in [0.25, 0.3) is 0 Å². The molecule has 6 heteroatoms. The van der Waals surface area contributed by atoms with Crippen LogP contribution in [0.15, 0.2) is 12.2 Å². The predicted molar refractivity (Wildman–Crippen MR) is 76.5 cm³/mol. The molecule has 0 aromatic carbocycles. The molecule has 0 unspecified atom stereocenters. The first-order valence-corrected chi connectivity index (χ1v) is 8.06. The average molecular weight is 304 g/mol. The van der Waals surface area contributed by atoms with Crippen molar-refractivity contribution in [3.63, 3.8) is 0 Å². The van der Waals surface area contributed by atoms with E-state index < -0.39 is 0 Å². The van der Waals surface area contributed by atoms with Gasteiger partial charge in [0.2, 0.25) is 17.7 Å². The van der Waals surface area contributed by atoms with Crippen molar-refractivity contribution < 1.29 is 19.1 Å². The number of nitrogens with zero attached hydrogens (tertiary/aromatic N) is 2. The Labute approximate surface area is 129 Å². The van der Waals surface area contributed by atoms with Crippen LogP contribution in [-0.2, 0) is 19.1 Å². The molecule has 2 bridgehead atoms. The van der Waals surface area contributed by atoms with E-state index in [1.807, 2.05) is 0 Å². The second-order valence-corrected chi connectivity index (χ2v) is 6.57. The summed E-state index contributed by atoms with van der Waals surface area (Å²) in [5, 5.41) is 0. The van der Waals surface area contributed by atoms with Crippen molar-refractivity contribution in [1.82, 2.24) is 9.80 Å². The molecule has 0 radical (unpaired) electrons. The third kappa shape index (κ3) is 2.00. The van der Waals surface area contributed by atoms with Crippen molar-refractivity contribution in [1.29, 1.82) is 0 Å². The third-order valence-electron chi connectivity index (χ3n) is 5.47. The van der Waals surface area contributed by atoms with Gasteiger partial charge in [0.15, 0.2) is 0 Å². The fourth-order valence-electron chi connectivity index (χ4n) is 4.36. The fraction of sp³-hybridized carbons (Fsp3) is 0.688. The quantitative estimate of drug-likeness (QED) is 0.545. The summed E-state index contributed by atoms with van der Waals surface area (Å²) < 4.78 is 5.22. The van der Waals surface area contributed by atoms with E-state index in [4.69, 9.17) is 4.74 Å². The van der Waals surface area contributed by atoms with Crippen LogP contribution in [0.4, 0.5) is 0 Å². The van der Waals surface area contributed by atoms with Crippen LogP contribution >= 0.6 is 0 Å². The van der Waals surface area contributed by atoms with E-state index in [0.29, 0.717) is 26.3 Å². The van der Waals surface area contributed by atoms with Crippen molar-refractivity contribution in [2.45, 2.75) is 12.8 Å². The Morgan fingerprint density at radius 3 is 2.27 bits per heavy atom. The molecule has 2 heterocycles. The Hall–Kier alpha value is -1.69. The summed E-state index contributed by atoms with van der Waals surface area (Å²) in [7, 11) is 0. The van der Waals surface area contributed by atoms with Crippen LogP contribution in [-0.4, -0.2) is 60.4 Å². The Kier molecular flexibility index (Phi) is 3.29. The molecule has 1 saturated carbocycles. The largest absolute Gasteiger partial charge is 0.378 e. The van der Waals surface area contributed by atoms with E-state index in [2.05, 4.69) is 12.2 Å². The van der Waals surface area contributed by atoms with Gasteiger partial charge in [0.05, 0.1) is 25.0 Å². The van der Waals surface area contributed by atoms with Gasteiger partial charge in [-0.15, -0.1) is 0 Å². The van der Waals surface area contributed by atoms with Crippen molar-refractivity contribution in [3.8, 4) is 0 Å². The second kappa shape index (κ2) is 5.19. The summed E-state index contributed by atoms with van der Waals surface area (Å²) >= 11 is 0. The van der Waals surface area contributed by atoms with Gasteiger partial charge < -0.3 is 9.64 Å². The van der Waals surface area contributed by atoms with E-state index in [1.165, 1.54) is 4.90 Å². The number of hydrogen-bond acceptors (Lipinski definition) is 4. The van der Waals surface area contributed by atoms with Crippen molar-refractivity contribution in [2.75, 3.05) is 32.8 Å². The highest BCUT2D eigenvalue weighted by atomic mass is 16.5. The predicted octanol–water partition coefficient (Wildman–Crippen LogP) is 0.0424. The first-order valence-electron chi connectivity index (χ1n) is 8.06. The average Bonchev–Trinajstić information content (AvgIpc) is 3.21. The van der Waals surface area contributed by atoms with Crippen LogP contribution in [0.25, 0.3) is 0 Å². The molecular weight excluding hydrogens is 284 g/mol. The molecule has 2 aliphatic heterocycles. The summed E-state index contributed by atoms with van der Waals surface area (Å²) in [6, 6.07) is 0. The molecule has 3 amide bonds. The van der Waals surface area contributed by atoms with Gasteiger partial charge in [0, 0.05) is 26.1 Å². The van der Waals surface area contributed by atoms with E-state index in [0.717, 1.165) is 6.42 Å². The fourth-order valence-corrected chi connectivity index (χ4v) is 4.36. The van der Waals surface area contributed by atoms with Gasteiger partial charge in [-0.1, -0.05) is 12.2 Å². The van der Waals surface area contributed by atoms with E-state index >= 15 is 0 Å².